The lowest BCUT2D eigenvalue weighted by Crippen LogP contribution is -2.53. The van der Waals surface area contributed by atoms with E-state index in [-0.39, 0.29) is 43.8 Å². The van der Waals surface area contributed by atoms with Crippen LogP contribution < -0.4 is 9.62 Å². The second kappa shape index (κ2) is 13.4. The molecule has 39 heavy (non-hydrogen) atoms. The van der Waals surface area contributed by atoms with E-state index in [0.29, 0.717) is 5.56 Å². The molecule has 2 amide bonds. The van der Waals surface area contributed by atoms with Crippen LogP contribution in [0.3, 0.4) is 0 Å². The zero-order valence-corrected chi connectivity index (χ0v) is 25.4. The van der Waals surface area contributed by atoms with Crippen LogP contribution in [0.25, 0.3) is 0 Å². The first-order chi connectivity index (χ1) is 18.3. The second-order valence-corrected chi connectivity index (χ2v) is 12.5. The predicted octanol–water partition coefficient (Wildman–Crippen LogP) is 6.11. The highest BCUT2D eigenvalue weighted by molar-refractivity contribution is 7.92. The highest BCUT2D eigenvalue weighted by Crippen LogP contribution is 2.36. The number of rotatable bonds is 10. The standard InChI is InChI=1S/C26H24Cl5N3O4S/c1-32-26(36)24(11-16-7-4-3-5-8-16)33(14-17-18(27)9-6-10-19(17)28)25(35)15-34(39(2,37)38)23-13-21(30)20(29)12-22(23)31/h3-10,12-13,24H,11,14-15H2,1-2H3,(H,32,36). The van der Waals surface area contributed by atoms with Crippen molar-refractivity contribution in [2.24, 2.45) is 0 Å². The minimum atomic E-state index is -4.05. The fourth-order valence-corrected chi connectivity index (χ4v) is 5.94. The van der Waals surface area contributed by atoms with Gasteiger partial charge in [-0.25, -0.2) is 8.42 Å². The van der Waals surface area contributed by atoms with Gasteiger partial charge < -0.3 is 10.2 Å². The highest BCUT2D eigenvalue weighted by Gasteiger charge is 2.34. The van der Waals surface area contributed by atoms with E-state index in [1.165, 1.54) is 24.1 Å². The quantitative estimate of drug-likeness (QED) is 0.268. The average molecular weight is 652 g/mol. The zero-order valence-electron chi connectivity index (χ0n) is 20.8. The van der Waals surface area contributed by atoms with E-state index in [1.54, 1.807) is 18.2 Å². The Kier molecular flexibility index (Phi) is 10.8. The number of benzene rings is 3. The summed E-state index contributed by atoms with van der Waals surface area (Å²) in [4.78, 5) is 28.4. The van der Waals surface area contributed by atoms with E-state index in [1.807, 2.05) is 30.3 Å². The fourth-order valence-electron chi connectivity index (χ4n) is 3.87. The fraction of sp³-hybridized carbons (Fsp3) is 0.231. The van der Waals surface area contributed by atoms with Crippen LogP contribution in [-0.4, -0.2) is 51.0 Å². The van der Waals surface area contributed by atoms with Crippen LogP contribution in [0.4, 0.5) is 5.69 Å². The minimum absolute atomic E-state index is 0.0320. The van der Waals surface area contributed by atoms with Gasteiger partial charge in [0.15, 0.2) is 0 Å². The first-order valence-corrected chi connectivity index (χ1v) is 15.2. The van der Waals surface area contributed by atoms with Gasteiger partial charge in [-0.05, 0) is 29.8 Å². The zero-order chi connectivity index (χ0) is 28.9. The third-order valence-electron chi connectivity index (χ3n) is 5.85. The Morgan fingerprint density at radius 2 is 1.44 bits per heavy atom. The maximum atomic E-state index is 14.0. The molecule has 0 saturated heterocycles. The number of anilines is 1. The van der Waals surface area contributed by atoms with Gasteiger partial charge in [-0.1, -0.05) is 94.4 Å². The Bertz CT molecular complexity index is 1450. The molecule has 0 radical (unpaired) electrons. The van der Waals surface area contributed by atoms with Gasteiger partial charge in [0.05, 0.1) is 27.0 Å². The first-order valence-electron chi connectivity index (χ1n) is 11.4. The number of nitrogens with zero attached hydrogens (tertiary/aromatic N) is 2. The van der Waals surface area contributed by atoms with E-state index in [0.717, 1.165) is 16.1 Å². The number of hydrogen-bond donors (Lipinski definition) is 1. The molecule has 0 aliphatic rings. The van der Waals surface area contributed by atoms with Crippen LogP contribution in [0.1, 0.15) is 11.1 Å². The van der Waals surface area contributed by atoms with Crippen molar-refractivity contribution in [2.45, 2.75) is 19.0 Å². The van der Waals surface area contributed by atoms with Crippen LogP contribution in [0.15, 0.2) is 60.7 Å². The number of carbonyl (C=O) groups is 2. The molecule has 0 aromatic heterocycles. The van der Waals surface area contributed by atoms with E-state index < -0.39 is 34.4 Å². The monoisotopic (exact) mass is 649 g/mol. The van der Waals surface area contributed by atoms with Crippen molar-refractivity contribution in [3.05, 3.63) is 96.9 Å². The molecule has 208 valence electrons. The van der Waals surface area contributed by atoms with Crippen molar-refractivity contribution in [3.8, 4) is 0 Å². The number of hydrogen-bond acceptors (Lipinski definition) is 4. The van der Waals surface area contributed by atoms with Crippen molar-refractivity contribution in [1.29, 1.82) is 0 Å². The molecule has 3 aromatic carbocycles. The van der Waals surface area contributed by atoms with Gasteiger partial charge >= 0.3 is 0 Å². The van der Waals surface area contributed by atoms with Crippen LogP contribution in [0.5, 0.6) is 0 Å². The van der Waals surface area contributed by atoms with Gasteiger partial charge in [0.1, 0.15) is 12.6 Å². The molecule has 0 aliphatic carbocycles. The SMILES string of the molecule is CNC(=O)C(Cc1ccccc1)N(Cc1c(Cl)cccc1Cl)C(=O)CN(c1cc(Cl)c(Cl)cc1Cl)S(C)(=O)=O. The van der Waals surface area contributed by atoms with Gasteiger partial charge in [-0.2, -0.15) is 0 Å². The van der Waals surface area contributed by atoms with Crippen molar-refractivity contribution in [2.75, 3.05) is 24.2 Å². The minimum Gasteiger partial charge on any atom is -0.357 e. The summed E-state index contributed by atoms with van der Waals surface area (Å²) < 4.78 is 26.5. The summed E-state index contributed by atoms with van der Waals surface area (Å²) in [6, 6.07) is 15.5. The molecular weight excluding hydrogens is 628 g/mol. The largest absolute Gasteiger partial charge is 0.357 e. The van der Waals surface area contributed by atoms with Gasteiger partial charge in [0, 0.05) is 35.6 Å². The average Bonchev–Trinajstić information content (AvgIpc) is 2.88. The van der Waals surface area contributed by atoms with Crippen molar-refractivity contribution in [3.63, 3.8) is 0 Å². The molecule has 0 fully saturated rings. The summed E-state index contributed by atoms with van der Waals surface area (Å²) in [6.45, 7) is -0.865. The second-order valence-electron chi connectivity index (χ2n) is 8.53. The molecular formula is C26H24Cl5N3O4S. The maximum Gasteiger partial charge on any atom is 0.244 e. The molecule has 1 unspecified atom stereocenters. The van der Waals surface area contributed by atoms with Crippen LogP contribution in [-0.2, 0) is 32.6 Å². The lowest BCUT2D eigenvalue weighted by atomic mass is 10.0. The van der Waals surface area contributed by atoms with Gasteiger partial charge in [0.2, 0.25) is 21.8 Å². The molecule has 1 N–H and O–H groups in total. The molecule has 0 aliphatic heterocycles. The first kappa shape index (κ1) is 31.3. The molecule has 7 nitrogen and oxygen atoms in total. The Hall–Kier alpha value is -2.20. The van der Waals surface area contributed by atoms with Gasteiger partial charge in [0.25, 0.3) is 0 Å². The van der Waals surface area contributed by atoms with E-state index in [9.17, 15) is 18.0 Å². The van der Waals surface area contributed by atoms with Gasteiger partial charge in [-0.3, -0.25) is 13.9 Å². The third kappa shape index (κ3) is 7.93. The molecule has 13 heteroatoms. The van der Waals surface area contributed by atoms with Crippen molar-refractivity contribution in [1.82, 2.24) is 10.2 Å². The Morgan fingerprint density at radius 1 is 0.846 bits per heavy atom. The number of likely N-dealkylation sites (N-methyl/N-ethyl adjacent to an activating group) is 1. The van der Waals surface area contributed by atoms with Crippen LogP contribution in [0.2, 0.25) is 25.1 Å². The molecule has 1 atom stereocenters. The number of sulfonamides is 1. The van der Waals surface area contributed by atoms with Gasteiger partial charge in [-0.15, -0.1) is 0 Å². The predicted molar refractivity (Wildman–Crippen MR) is 159 cm³/mol. The van der Waals surface area contributed by atoms with Crippen molar-refractivity contribution < 1.29 is 18.0 Å². The molecule has 3 aromatic rings. The highest BCUT2D eigenvalue weighted by atomic mass is 35.5. The summed E-state index contributed by atoms with van der Waals surface area (Å²) in [6.07, 6.45) is 1.06. The number of halogens is 5. The molecule has 0 bridgehead atoms. The lowest BCUT2D eigenvalue weighted by Gasteiger charge is -2.33. The number of amides is 2. The lowest BCUT2D eigenvalue weighted by molar-refractivity contribution is -0.139. The molecule has 0 heterocycles. The Morgan fingerprint density at radius 3 is 2.00 bits per heavy atom. The van der Waals surface area contributed by atoms with Crippen molar-refractivity contribution >= 4 is 85.5 Å². The topological polar surface area (TPSA) is 86.8 Å². The molecule has 3 rings (SSSR count). The number of carbonyl (C=O) groups excluding carboxylic acids is 2. The normalized spacial score (nSPS) is 12.1. The Labute approximate surface area is 252 Å². The maximum absolute atomic E-state index is 14.0. The van der Waals surface area contributed by atoms with Crippen LogP contribution in [0, 0.1) is 0 Å². The van der Waals surface area contributed by atoms with E-state index in [4.69, 9.17) is 58.0 Å². The van der Waals surface area contributed by atoms with E-state index >= 15 is 0 Å². The molecule has 0 saturated carbocycles. The summed E-state index contributed by atoms with van der Waals surface area (Å²) in [7, 11) is -2.60. The van der Waals surface area contributed by atoms with Crippen LogP contribution >= 0.6 is 58.0 Å². The molecule has 0 spiro atoms. The Balaban J connectivity index is 2.11. The number of nitrogens with one attached hydrogen (secondary N) is 1. The summed E-state index contributed by atoms with van der Waals surface area (Å²) in [5, 5.41) is 3.28. The summed E-state index contributed by atoms with van der Waals surface area (Å²) in [5.41, 5.74) is 1.13. The van der Waals surface area contributed by atoms with E-state index in [2.05, 4.69) is 5.32 Å². The third-order valence-corrected chi connectivity index (χ3v) is 8.70. The summed E-state index contributed by atoms with van der Waals surface area (Å²) >= 11 is 31.3. The summed E-state index contributed by atoms with van der Waals surface area (Å²) in [5.74, 6) is -1.17. The smallest absolute Gasteiger partial charge is 0.244 e.